The second-order valence-electron chi connectivity index (χ2n) is 8.87. The topological polar surface area (TPSA) is 47.5 Å². The third-order valence-electron chi connectivity index (χ3n) is 6.63. The van der Waals surface area contributed by atoms with Crippen molar-refractivity contribution in [3.63, 3.8) is 0 Å². The van der Waals surface area contributed by atoms with Crippen molar-refractivity contribution in [2.45, 2.75) is 66.2 Å². The van der Waals surface area contributed by atoms with Crippen LogP contribution in [-0.4, -0.2) is 34.1 Å². The lowest BCUT2D eigenvalue weighted by atomic mass is 9.97. The van der Waals surface area contributed by atoms with Crippen molar-refractivity contribution in [2.75, 3.05) is 13.2 Å². The number of likely N-dealkylation sites (tertiary alicyclic amines) is 1. The normalized spacial score (nSPS) is 16.5. The Kier molecular flexibility index (Phi) is 7.61. The molecule has 0 aliphatic carbocycles. The molecule has 0 spiro atoms. The molecule has 3 aromatic rings. The highest BCUT2D eigenvalue weighted by Crippen LogP contribution is 2.29. The summed E-state index contributed by atoms with van der Waals surface area (Å²) in [4.78, 5) is 11.9. The third-order valence-corrected chi connectivity index (χ3v) is 6.63. The van der Waals surface area contributed by atoms with Crippen LogP contribution in [-0.2, 0) is 13.2 Å². The Morgan fingerprint density at radius 3 is 2.55 bits per heavy atom. The molecule has 0 N–H and O–H groups in total. The van der Waals surface area contributed by atoms with Crippen molar-refractivity contribution in [3.05, 3.63) is 70.9 Å². The van der Waals surface area contributed by atoms with Gasteiger partial charge in [-0.1, -0.05) is 55.0 Å². The minimum absolute atomic E-state index is 0.371. The van der Waals surface area contributed by atoms with E-state index in [4.69, 9.17) is 14.5 Å². The molecule has 1 aromatic heterocycles. The first-order valence-corrected chi connectivity index (χ1v) is 12.1. The minimum Gasteiger partial charge on any atom is -0.478 e. The molecule has 0 unspecified atom stereocenters. The zero-order chi connectivity index (χ0) is 23.2. The first-order valence-electron chi connectivity index (χ1n) is 12.1. The number of nitrogens with zero attached hydrogens (tertiary/aromatic N) is 3. The number of piperidine rings is 1. The molecule has 5 heteroatoms. The van der Waals surface area contributed by atoms with Crippen molar-refractivity contribution in [3.8, 4) is 23.0 Å². The molecule has 0 saturated carbocycles. The molecule has 0 amide bonds. The summed E-state index contributed by atoms with van der Waals surface area (Å²) in [5.41, 5.74) is 6.76. The van der Waals surface area contributed by atoms with Gasteiger partial charge in [-0.25, -0.2) is 0 Å². The standard InChI is InChI=1S/C28H35N3O2/c1-5-32-27-26(18-31-17-10-9-12-20(31)2)22(4)29-28(30-27)33-19-24-15-11-16-25(21(24)3)23-13-7-6-8-14-23/h6-8,11,13-16,20H,5,9-10,12,17-19H2,1-4H3/t20-/m1/s1. The lowest BCUT2D eigenvalue weighted by Gasteiger charge is -2.33. The number of rotatable bonds is 8. The Labute approximate surface area is 197 Å². The van der Waals surface area contributed by atoms with Gasteiger partial charge in [0.2, 0.25) is 5.88 Å². The van der Waals surface area contributed by atoms with Crippen molar-refractivity contribution in [1.29, 1.82) is 0 Å². The van der Waals surface area contributed by atoms with Gasteiger partial charge in [0, 0.05) is 18.2 Å². The van der Waals surface area contributed by atoms with E-state index >= 15 is 0 Å². The Balaban J connectivity index is 1.53. The van der Waals surface area contributed by atoms with E-state index < -0.39 is 0 Å². The van der Waals surface area contributed by atoms with Gasteiger partial charge < -0.3 is 9.47 Å². The van der Waals surface area contributed by atoms with Gasteiger partial charge in [-0.3, -0.25) is 4.90 Å². The molecule has 2 aromatic carbocycles. The second-order valence-corrected chi connectivity index (χ2v) is 8.87. The highest BCUT2D eigenvalue weighted by Gasteiger charge is 2.22. The van der Waals surface area contributed by atoms with Crippen LogP contribution < -0.4 is 9.47 Å². The Morgan fingerprint density at radius 2 is 1.79 bits per heavy atom. The summed E-state index contributed by atoms with van der Waals surface area (Å²) in [6.07, 6.45) is 3.80. The van der Waals surface area contributed by atoms with Crippen molar-refractivity contribution in [1.82, 2.24) is 14.9 Å². The van der Waals surface area contributed by atoms with Gasteiger partial charge in [0.1, 0.15) is 6.61 Å². The molecular formula is C28H35N3O2. The van der Waals surface area contributed by atoms with Gasteiger partial charge in [0.15, 0.2) is 0 Å². The van der Waals surface area contributed by atoms with E-state index in [1.54, 1.807) is 0 Å². The molecule has 1 saturated heterocycles. The molecule has 0 radical (unpaired) electrons. The van der Waals surface area contributed by atoms with E-state index in [0.29, 0.717) is 31.1 Å². The van der Waals surface area contributed by atoms with Crippen LogP contribution in [0.2, 0.25) is 0 Å². The summed E-state index contributed by atoms with van der Waals surface area (Å²) in [5.74, 6) is 0.646. The van der Waals surface area contributed by atoms with Crippen LogP contribution in [0.5, 0.6) is 11.9 Å². The molecule has 174 valence electrons. The van der Waals surface area contributed by atoms with E-state index in [0.717, 1.165) is 29.9 Å². The number of ether oxygens (including phenoxy) is 2. The van der Waals surface area contributed by atoms with Crippen molar-refractivity contribution in [2.24, 2.45) is 0 Å². The molecule has 2 heterocycles. The first-order chi connectivity index (χ1) is 16.1. The molecule has 5 nitrogen and oxygen atoms in total. The number of aromatic nitrogens is 2. The van der Waals surface area contributed by atoms with E-state index in [1.807, 2.05) is 19.9 Å². The molecule has 4 rings (SSSR count). The van der Waals surface area contributed by atoms with Gasteiger partial charge in [0.25, 0.3) is 0 Å². The van der Waals surface area contributed by atoms with Crippen LogP contribution in [0.4, 0.5) is 0 Å². The summed E-state index contributed by atoms with van der Waals surface area (Å²) in [6.45, 7) is 11.4. The van der Waals surface area contributed by atoms with Crippen LogP contribution in [0, 0.1) is 13.8 Å². The maximum absolute atomic E-state index is 6.08. The fraction of sp³-hybridized carbons (Fsp3) is 0.429. The lowest BCUT2D eigenvalue weighted by Crippen LogP contribution is -2.37. The minimum atomic E-state index is 0.371. The maximum Gasteiger partial charge on any atom is 0.320 e. The first kappa shape index (κ1) is 23.2. The van der Waals surface area contributed by atoms with Crippen molar-refractivity contribution < 1.29 is 9.47 Å². The zero-order valence-electron chi connectivity index (χ0n) is 20.3. The fourth-order valence-electron chi connectivity index (χ4n) is 4.56. The predicted molar refractivity (Wildman–Crippen MR) is 133 cm³/mol. The van der Waals surface area contributed by atoms with Crippen LogP contribution in [0.3, 0.4) is 0 Å². The summed E-state index contributed by atoms with van der Waals surface area (Å²) < 4.78 is 12.0. The number of hydrogen-bond donors (Lipinski definition) is 0. The SMILES string of the molecule is CCOc1nc(OCc2cccc(-c3ccccc3)c2C)nc(C)c1CN1CCCC[C@H]1C. The van der Waals surface area contributed by atoms with Gasteiger partial charge in [-0.05, 0) is 69.3 Å². The van der Waals surface area contributed by atoms with Gasteiger partial charge in [-0.2, -0.15) is 9.97 Å². The average Bonchev–Trinajstić information content (AvgIpc) is 2.82. The van der Waals surface area contributed by atoms with E-state index in [-0.39, 0.29) is 0 Å². The highest BCUT2D eigenvalue weighted by atomic mass is 16.5. The smallest absolute Gasteiger partial charge is 0.320 e. The zero-order valence-corrected chi connectivity index (χ0v) is 20.3. The van der Waals surface area contributed by atoms with E-state index in [2.05, 4.69) is 66.2 Å². The molecule has 33 heavy (non-hydrogen) atoms. The van der Waals surface area contributed by atoms with Crippen LogP contribution in [0.1, 0.15) is 55.5 Å². The number of aryl methyl sites for hydroxylation is 1. The van der Waals surface area contributed by atoms with Gasteiger partial charge >= 0.3 is 6.01 Å². The van der Waals surface area contributed by atoms with Crippen LogP contribution in [0.25, 0.3) is 11.1 Å². The quantitative estimate of drug-likeness (QED) is 0.418. The van der Waals surface area contributed by atoms with Crippen LogP contribution in [0.15, 0.2) is 48.5 Å². The maximum atomic E-state index is 6.08. The Bertz CT molecular complexity index is 1070. The second kappa shape index (κ2) is 10.8. The average molecular weight is 446 g/mol. The molecule has 1 aliphatic heterocycles. The number of benzene rings is 2. The third kappa shape index (κ3) is 5.53. The molecule has 0 bridgehead atoms. The predicted octanol–water partition coefficient (Wildman–Crippen LogP) is 6.11. The Hall–Kier alpha value is -2.92. The number of hydrogen-bond acceptors (Lipinski definition) is 5. The van der Waals surface area contributed by atoms with Crippen LogP contribution >= 0.6 is 0 Å². The largest absolute Gasteiger partial charge is 0.478 e. The molecule has 1 fully saturated rings. The highest BCUT2D eigenvalue weighted by molar-refractivity contribution is 5.68. The van der Waals surface area contributed by atoms with E-state index in [1.165, 1.54) is 36.0 Å². The summed E-state index contributed by atoms with van der Waals surface area (Å²) in [5, 5.41) is 0. The summed E-state index contributed by atoms with van der Waals surface area (Å²) in [7, 11) is 0. The fourth-order valence-corrected chi connectivity index (χ4v) is 4.56. The summed E-state index contributed by atoms with van der Waals surface area (Å²) in [6, 6.07) is 17.7. The van der Waals surface area contributed by atoms with Crippen molar-refractivity contribution >= 4 is 0 Å². The monoisotopic (exact) mass is 445 g/mol. The van der Waals surface area contributed by atoms with E-state index in [9.17, 15) is 0 Å². The Morgan fingerprint density at radius 1 is 0.970 bits per heavy atom. The molecule has 1 atom stereocenters. The van der Waals surface area contributed by atoms with Gasteiger partial charge in [-0.15, -0.1) is 0 Å². The molecular weight excluding hydrogens is 410 g/mol. The molecule has 1 aliphatic rings. The van der Waals surface area contributed by atoms with Gasteiger partial charge in [0.05, 0.1) is 12.3 Å². The lowest BCUT2D eigenvalue weighted by molar-refractivity contribution is 0.149. The summed E-state index contributed by atoms with van der Waals surface area (Å²) >= 11 is 0.